The van der Waals surface area contributed by atoms with E-state index in [1.807, 2.05) is 25.1 Å². The van der Waals surface area contributed by atoms with Crippen molar-refractivity contribution in [2.24, 2.45) is 0 Å². The van der Waals surface area contributed by atoms with Gasteiger partial charge < -0.3 is 5.11 Å². The number of aromatic nitrogens is 1. The van der Waals surface area contributed by atoms with E-state index in [0.29, 0.717) is 0 Å². The first-order valence-electron chi connectivity index (χ1n) is 4.64. The quantitative estimate of drug-likeness (QED) is 0.870. The van der Waals surface area contributed by atoms with Crippen molar-refractivity contribution in [2.75, 3.05) is 0 Å². The fourth-order valence-corrected chi connectivity index (χ4v) is 3.27. The van der Waals surface area contributed by atoms with Gasteiger partial charge in [-0.2, -0.15) is 0 Å². The highest BCUT2D eigenvalue weighted by molar-refractivity contribution is 9.11. The molecule has 2 rings (SSSR count). The molecule has 0 fully saturated rings. The van der Waals surface area contributed by atoms with Gasteiger partial charge in [-0.3, -0.25) is 0 Å². The molecule has 0 amide bonds. The molecule has 0 radical (unpaired) electrons. The molecular formula is C11H9Br2NOS. The first-order chi connectivity index (χ1) is 7.61. The van der Waals surface area contributed by atoms with Crippen LogP contribution in [0.1, 0.15) is 10.4 Å². The monoisotopic (exact) mass is 361 g/mol. The number of aryl methyl sites for hydroxylation is 1. The summed E-state index contributed by atoms with van der Waals surface area (Å²) in [6.07, 6.45) is 0. The third kappa shape index (κ3) is 2.37. The Morgan fingerprint density at radius 2 is 2.12 bits per heavy atom. The minimum atomic E-state index is 0.0184. The molecule has 0 aliphatic heterocycles. The number of aliphatic hydroxyl groups is 1. The molecule has 0 unspecified atom stereocenters. The Morgan fingerprint density at radius 3 is 2.81 bits per heavy atom. The summed E-state index contributed by atoms with van der Waals surface area (Å²) in [5.74, 6) is 0. The molecule has 0 saturated heterocycles. The van der Waals surface area contributed by atoms with Crippen LogP contribution in [-0.2, 0) is 6.61 Å². The SMILES string of the molecule is Cc1ccc(Br)cc1-c1nc(Br)sc1CO. The lowest BCUT2D eigenvalue weighted by atomic mass is 10.1. The standard InChI is InChI=1S/C11H9Br2NOS/c1-6-2-3-7(12)4-8(6)10-9(5-15)16-11(13)14-10/h2-4,15H,5H2,1H3. The van der Waals surface area contributed by atoms with Gasteiger partial charge in [0.05, 0.1) is 17.2 Å². The first-order valence-corrected chi connectivity index (χ1v) is 7.04. The average molecular weight is 363 g/mol. The van der Waals surface area contributed by atoms with Gasteiger partial charge in [0.2, 0.25) is 0 Å². The Morgan fingerprint density at radius 1 is 1.38 bits per heavy atom. The summed E-state index contributed by atoms with van der Waals surface area (Å²) in [6.45, 7) is 2.06. The Kier molecular flexibility index (Phi) is 3.79. The number of hydrogen-bond donors (Lipinski definition) is 1. The number of thiazole rings is 1. The van der Waals surface area contributed by atoms with Crippen LogP contribution in [0.4, 0.5) is 0 Å². The third-order valence-corrected chi connectivity index (χ3v) is 4.25. The van der Waals surface area contributed by atoms with Crippen LogP contribution in [0.5, 0.6) is 0 Å². The largest absolute Gasteiger partial charge is 0.391 e. The molecule has 0 saturated carbocycles. The number of benzene rings is 1. The summed E-state index contributed by atoms with van der Waals surface area (Å²) >= 11 is 8.26. The molecule has 2 aromatic rings. The van der Waals surface area contributed by atoms with E-state index < -0.39 is 0 Å². The lowest BCUT2D eigenvalue weighted by Crippen LogP contribution is -1.88. The van der Waals surface area contributed by atoms with Crippen molar-refractivity contribution in [3.63, 3.8) is 0 Å². The Labute approximate surface area is 115 Å². The van der Waals surface area contributed by atoms with E-state index in [1.54, 1.807) is 0 Å². The highest BCUT2D eigenvalue weighted by Gasteiger charge is 2.13. The van der Waals surface area contributed by atoms with Crippen molar-refractivity contribution in [3.8, 4) is 11.3 Å². The van der Waals surface area contributed by atoms with Gasteiger partial charge in [-0.05, 0) is 40.5 Å². The molecule has 0 bridgehead atoms. The lowest BCUT2D eigenvalue weighted by Gasteiger charge is -2.05. The maximum atomic E-state index is 9.29. The molecule has 0 aliphatic carbocycles. The van der Waals surface area contributed by atoms with Crippen LogP contribution in [0, 0.1) is 6.92 Å². The van der Waals surface area contributed by atoms with E-state index in [-0.39, 0.29) is 6.61 Å². The maximum absolute atomic E-state index is 9.29. The summed E-state index contributed by atoms with van der Waals surface area (Å²) in [7, 11) is 0. The van der Waals surface area contributed by atoms with Crippen molar-refractivity contribution in [1.29, 1.82) is 0 Å². The molecule has 1 aromatic carbocycles. The van der Waals surface area contributed by atoms with Gasteiger partial charge >= 0.3 is 0 Å². The minimum Gasteiger partial charge on any atom is -0.391 e. The molecule has 0 spiro atoms. The minimum absolute atomic E-state index is 0.0184. The van der Waals surface area contributed by atoms with Crippen molar-refractivity contribution in [1.82, 2.24) is 4.98 Å². The van der Waals surface area contributed by atoms with Gasteiger partial charge in [-0.1, -0.05) is 22.0 Å². The zero-order valence-corrected chi connectivity index (χ0v) is 12.5. The smallest absolute Gasteiger partial charge is 0.160 e. The molecule has 84 valence electrons. The van der Waals surface area contributed by atoms with Crippen LogP contribution in [0.2, 0.25) is 0 Å². The van der Waals surface area contributed by atoms with Gasteiger partial charge in [0.15, 0.2) is 3.92 Å². The van der Waals surface area contributed by atoms with Gasteiger partial charge in [-0.25, -0.2) is 4.98 Å². The Hall–Kier alpha value is -0.230. The van der Waals surface area contributed by atoms with Gasteiger partial charge in [-0.15, -0.1) is 11.3 Å². The second kappa shape index (κ2) is 4.96. The van der Waals surface area contributed by atoms with Crippen LogP contribution in [0.25, 0.3) is 11.3 Å². The topological polar surface area (TPSA) is 33.1 Å². The summed E-state index contributed by atoms with van der Waals surface area (Å²) in [5, 5.41) is 9.29. The van der Waals surface area contributed by atoms with E-state index in [0.717, 1.165) is 30.1 Å². The second-order valence-corrected chi connectivity index (χ2v) is 6.63. The van der Waals surface area contributed by atoms with E-state index in [1.165, 1.54) is 11.3 Å². The van der Waals surface area contributed by atoms with Crippen LogP contribution in [0.3, 0.4) is 0 Å². The predicted molar refractivity (Wildman–Crippen MR) is 73.6 cm³/mol. The Bertz CT molecular complexity index is 525. The molecule has 16 heavy (non-hydrogen) atoms. The number of hydrogen-bond acceptors (Lipinski definition) is 3. The summed E-state index contributed by atoms with van der Waals surface area (Å²) < 4.78 is 1.81. The van der Waals surface area contributed by atoms with Crippen LogP contribution in [-0.4, -0.2) is 10.1 Å². The normalized spacial score (nSPS) is 10.8. The molecule has 0 atom stereocenters. The van der Waals surface area contributed by atoms with E-state index in [4.69, 9.17) is 0 Å². The predicted octanol–water partition coefficient (Wildman–Crippen LogP) is 4.14. The maximum Gasteiger partial charge on any atom is 0.160 e. The molecule has 1 heterocycles. The van der Waals surface area contributed by atoms with Crippen molar-refractivity contribution in [3.05, 3.63) is 37.0 Å². The average Bonchev–Trinajstić information content (AvgIpc) is 2.63. The fraction of sp³-hybridized carbons (Fsp3) is 0.182. The number of nitrogens with zero attached hydrogens (tertiary/aromatic N) is 1. The zero-order chi connectivity index (χ0) is 11.7. The van der Waals surface area contributed by atoms with Gasteiger partial charge in [0.25, 0.3) is 0 Å². The number of aliphatic hydroxyl groups excluding tert-OH is 1. The van der Waals surface area contributed by atoms with E-state index in [2.05, 4.69) is 36.8 Å². The fourth-order valence-electron chi connectivity index (χ4n) is 1.49. The van der Waals surface area contributed by atoms with Gasteiger partial charge in [0, 0.05) is 10.0 Å². The van der Waals surface area contributed by atoms with Crippen molar-refractivity contribution < 1.29 is 5.11 Å². The molecular weight excluding hydrogens is 354 g/mol. The molecule has 1 N–H and O–H groups in total. The number of rotatable bonds is 2. The van der Waals surface area contributed by atoms with E-state index >= 15 is 0 Å². The third-order valence-electron chi connectivity index (χ3n) is 2.27. The molecule has 2 nitrogen and oxygen atoms in total. The summed E-state index contributed by atoms with van der Waals surface area (Å²) in [6, 6.07) is 6.06. The number of halogens is 2. The zero-order valence-electron chi connectivity index (χ0n) is 8.50. The van der Waals surface area contributed by atoms with Crippen molar-refractivity contribution >= 4 is 43.2 Å². The lowest BCUT2D eigenvalue weighted by molar-refractivity contribution is 0.286. The first kappa shape index (κ1) is 12.2. The van der Waals surface area contributed by atoms with Crippen LogP contribution in [0.15, 0.2) is 26.6 Å². The highest BCUT2D eigenvalue weighted by Crippen LogP contribution is 2.34. The second-order valence-electron chi connectivity index (χ2n) is 3.36. The van der Waals surface area contributed by atoms with E-state index in [9.17, 15) is 5.11 Å². The highest BCUT2D eigenvalue weighted by atomic mass is 79.9. The van der Waals surface area contributed by atoms with Crippen molar-refractivity contribution in [2.45, 2.75) is 13.5 Å². The molecule has 5 heteroatoms. The summed E-state index contributed by atoms with van der Waals surface area (Å²) in [4.78, 5) is 5.29. The van der Waals surface area contributed by atoms with Crippen LogP contribution >= 0.6 is 43.2 Å². The van der Waals surface area contributed by atoms with Crippen LogP contribution < -0.4 is 0 Å². The van der Waals surface area contributed by atoms with Gasteiger partial charge in [0.1, 0.15) is 0 Å². The molecule has 0 aliphatic rings. The molecule has 1 aromatic heterocycles. The Balaban J connectivity index is 2.61. The summed E-state index contributed by atoms with van der Waals surface area (Å²) in [5.41, 5.74) is 3.06.